The van der Waals surface area contributed by atoms with Crippen molar-refractivity contribution in [3.8, 4) is 0 Å². The minimum atomic E-state index is -0.474. The number of nitro groups is 1. The lowest BCUT2D eigenvalue weighted by molar-refractivity contribution is -0.383. The van der Waals surface area contributed by atoms with Gasteiger partial charge in [-0.15, -0.1) is 10.2 Å². The molecule has 2 aromatic carbocycles. The fraction of sp³-hybridized carbons (Fsp3) is 0.150. The maximum absolute atomic E-state index is 12.3. The number of aryl methyl sites for hydroxylation is 1. The van der Waals surface area contributed by atoms with Crippen LogP contribution in [0.15, 0.2) is 42.5 Å². The first-order valence-electron chi connectivity index (χ1n) is 8.88. The van der Waals surface area contributed by atoms with E-state index < -0.39 is 4.92 Å². The van der Waals surface area contributed by atoms with Crippen molar-refractivity contribution in [2.24, 2.45) is 0 Å². The number of aromatic nitrogens is 2. The van der Waals surface area contributed by atoms with Crippen LogP contribution < -0.4 is 10.6 Å². The third kappa shape index (κ3) is 5.19. The molecule has 0 saturated carbocycles. The van der Waals surface area contributed by atoms with Crippen molar-refractivity contribution < 1.29 is 9.72 Å². The highest BCUT2D eigenvalue weighted by Crippen LogP contribution is 2.29. The molecule has 0 aliphatic carbocycles. The van der Waals surface area contributed by atoms with Gasteiger partial charge in [0.25, 0.3) is 11.6 Å². The van der Waals surface area contributed by atoms with Gasteiger partial charge in [-0.05, 0) is 30.2 Å². The SMILES string of the molecule is CNc1ccc(/C=C(\Cl)c2nnc(C(=O)NCc3ccc(C)cc3)s2)cc1[N+](=O)[O-]. The number of halogens is 1. The number of rotatable bonds is 7. The zero-order chi connectivity index (χ0) is 21.7. The summed E-state index contributed by atoms with van der Waals surface area (Å²) in [6.45, 7) is 2.37. The summed E-state index contributed by atoms with van der Waals surface area (Å²) < 4.78 is 0. The smallest absolute Gasteiger partial charge is 0.292 e. The summed E-state index contributed by atoms with van der Waals surface area (Å²) in [5, 5.41) is 25.4. The molecule has 0 atom stereocenters. The Hall–Kier alpha value is -3.30. The van der Waals surface area contributed by atoms with Gasteiger partial charge in [0.05, 0.1) is 9.96 Å². The second-order valence-corrected chi connectivity index (χ2v) is 7.74. The monoisotopic (exact) mass is 443 g/mol. The number of hydrogen-bond donors (Lipinski definition) is 2. The van der Waals surface area contributed by atoms with E-state index in [1.54, 1.807) is 25.3 Å². The fourth-order valence-electron chi connectivity index (χ4n) is 2.58. The number of nitrogens with zero attached hydrogens (tertiary/aromatic N) is 3. The Labute approximate surface area is 181 Å². The van der Waals surface area contributed by atoms with Crippen LogP contribution in [0.4, 0.5) is 11.4 Å². The average molecular weight is 444 g/mol. The van der Waals surface area contributed by atoms with Gasteiger partial charge in [-0.1, -0.05) is 58.8 Å². The van der Waals surface area contributed by atoms with Crippen LogP contribution >= 0.6 is 22.9 Å². The largest absolute Gasteiger partial charge is 0.383 e. The number of hydrogen-bond acceptors (Lipinski definition) is 7. The topological polar surface area (TPSA) is 110 Å². The molecule has 2 N–H and O–H groups in total. The van der Waals surface area contributed by atoms with E-state index in [1.165, 1.54) is 6.07 Å². The molecule has 0 spiro atoms. The van der Waals surface area contributed by atoms with Gasteiger partial charge in [0.1, 0.15) is 5.69 Å². The van der Waals surface area contributed by atoms with Crippen LogP contribution in [0.2, 0.25) is 0 Å². The van der Waals surface area contributed by atoms with Crippen molar-refractivity contribution in [2.75, 3.05) is 12.4 Å². The summed E-state index contributed by atoms with van der Waals surface area (Å²) in [6.07, 6.45) is 1.54. The molecule has 3 aromatic rings. The quantitative estimate of drug-likeness (QED) is 0.412. The Balaban J connectivity index is 1.71. The van der Waals surface area contributed by atoms with E-state index in [1.807, 2.05) is 31.2 Å². The van der Waals surface area contributed by atoms with E-state index >= 15 is 0 Å². The summed E-state index contributed by atoms with van der Waals surface area (Å²) in [5.74, 6) is -0.349. The van der Waals surface area contributed by atoms with Crippen LogP contribution in [0.3, 0.4) is 0 Å². The normalized spacial score (nSPS) is 11.2. The summed E-state index contributed by atoms with van der Waals surface area (Å²) in [4.78, 5) is 23.0. The molecule has 0 saturated heterocycles. The molecular formula is C20H18ClN5O3S. The Morgan fingerprint density at radius 3 is 2.57 bits per heavy atom. The summed E-state index contributed by atoms with van der Waals surface area (Å²) in [6, 6.07) is 12.5. The second kappa shape index (κ2) is 9.47. The number of carbonyl (C=O) groups excluding carboxylic acids is 1. The number of benzene rings is 2. The van der Waals surface area contributed by atoms with Crippen LogP contribution in [0.5, 0.6) is 0 Å². The molecular weight excluding hydrogens is 426 g/mol. The summed E-state index contributed by atoms with van der Waals surface area (Å²) in [7, 11) is 1.61. The van der Waals surface area contributed by atoms with Crippen LogP contribution in [0.1, 0.15) is 31.5 Å². The van der Waals surface area contributed by atoms with E-state index in [0.29, 0.717) is 22.8 Å². The van der Waals surface area contributed by atoms with Gasteiger partial charge in [-0.2, -0.15) is 0 Å². The van der Waals surface area contributed by atoms with Crippen LogP contribution in [-0.2, 0) is 6.54 Å². The molecule has 1 amide bonds. The molecule has 0 unspecified atom stereocenters. The molecule has 8 nitrogen and oxygen atoms in total. The Bertz CT molecular complexity index is 1110. The molecule has 0 bridgehead atoms. The highest BCUT2D eigenvalue weighted by Gasteiger charge is 2.16. The van der Waals surface area contributed by atoms with Crippen LogP contribution in [0.25, 0.3) is 11.1 Å². The van der Waals surface area contributed by atoms with Crippen molar-refractivity contribution in [3.05, 3.63) is 79.3 Å². The number of anilines is 1. The molecule has 154 valence electrons. The zero-order valence-corrected chi connectivity index (χ0v) is 17.8. The maximum Gasteiger partial charge on any atom is 0.292 e. The van der Waals surface area contributed by atoms with Gasteiger partial charge in [-0.25, -0.2) is 0 Å². The Morgan fingerprint density at radius 1 is 1.20 bits per heavy atom. The Morgan fingerprint density at radius 2 is 1.90 bits per heavy atom. The first-order chi connectivity index (χ1) is 14.4. The number of nitrogens with one attached hydrogen (secondary N) is 2. The van der Waals surface area contributed by atoms with Crippen molar-refractivity contribution in [2.45, 2.75) is 13.5 Å². The molecule has 30 heavy (non-hydrogen) atoms. The van der Waals surface area contributed by atoms with E-state index in [0.717, 1.165) is 22.5 Å². The molecule has 1 aromatic heterocycles. The molecule has 0 fully saturated rings. The van der Waals surface area contributed by atoms with E-state index in [4.69, 9.17) is 11.6 Å². The summed E-state index contributed by atoms with van der Waals surface area (Å²) in [5.41, 5.74) is 2.99. The first kappa shape index (κ1) is 21.4. The predicted molar refractivity (Wildman–Crippen MR) is 119 cm³/mol. The van der Waals surface area contributed by atoms with E-state index in [-0.39, 0.29) is 21.6 Å². The van der Waals surface area contributed by atoms with Crippen molar-refractivity contribution in [3.63, 3.8) is 0 Å². The maximum atomic E-state index is 12.3. The third-order valence-corrected chi connectivity index (χ3v) is 5.53. The van der Waals surface area contributed by atoms with Gasteiger partial charge in [0.2, 0.25) is 5.01 Å². The standard InChI is InChI=1S/C20H18ClN5O3S/c1-12-3-5-13(6-4-12)11-23-18(27)20-25-24-19(30-20)15(21)9-14-7-8-16(22-2)17(10-14)26(28)29/h3-10,22H,11H2,1-2H3,(H,23,27)/b15-9-. The van der Waals surface area contributed by atoms with Gasteiger partial charge in [0, 0.05) is 19.7 Å². The highest BCUT2D eigenvalue weighted by molar-refractivity contribution is 7.15. The average Bonchev–Trinajstić information content (AvgIpc) is 3.23. The van der Waals surface area contributed by atoms with Crippen molar-refractivity contribution in [1.29, 1.82) is 0 Å². The highest BCUT2D eigenvalue weighted by atomic mass is 35.5. The van der Waals surface area contributed by atoms with E-state index in [2.05, 4.69) is 20.8 Å². The molecule has 3 rings (SSSR count). The number of nitro benzene ring substituents is 1. The van der Waals surface area contributed by atoms with Crippen LogP contribution in [-0.4, -0.2) is 28.1 Å². The summed E-state index contributed by atoms with van der Waals surface area (Å²) >= 11 is 7.35. The van der Waals surface area contributed by atoms with Gasteiger partial charge in [0.15, 0.2) is 5.01 Å². The third-order valence-electron chi connectivity index (χ3n) is 4.18. The lowest BCUT2D eigenvalue weighted by Crippen LogP contribution is -2.22. The molecule has 1 heterocycles. The Kier molecular flexibility index (Phi) is 6.76. The van der Waals surface area contributed by atoms with Crippen molar-refractivity contribution in [1.82, 2.24) is 15.5 Å². The van der Waals surface area contributed by atoms with Crippen molar-refractivity contribution >= 4 is 51.3 Å². The zero-order valence-electron chi connectivity index (χ0n) is 16.2. The molecule has 0 radical (unpaired) electrons. The molecule has 0 aliphatic rings. The van der Waals surface area contributed by atoms with Gasteiger partial charge in [-0.3, -0.25) is 14.9 Å². The molecule has 0 aliphatic heterocycles. The van der Waals surface area contributed by atoms with Gasteiger partial charge >= 0.3 is 0 Å². The number of carbonyl (C=O) groups is 1. The van der Waals surface area contributed by atoms with Crippen LogP contribution in [0, 0.1) is 17.0 Å². The van der Waals surface area contributed by atoms with E-state index in [9.17, 15) is 14.9 Å². The fourth-order valence-corrected chi connectivity index (χ4v) is 3.53. The lowest BCUT2D eigenvalue weighted by atomic mass is 10.1. The first-order valence-corrected chi connectivity index (χ1v) is 10.1. The minimum absolute atomic E-state index is 0.0656. The van der Waals surface area contributed by atoms with Gasteiger partial charge < -0.3 is 10.6 Å². The number of amides is 1. The lowest BCUT2D eigenvalue weighted by Gasteiger charge is -2.03. The predicted octanol–water partition coefficient (Wildman–Crippen LogP) is 4.46. The molecule has 10 heteroatoms. The second-order valence-electron chi connectivity index (χ2n) is 6.36. The minimum Gasteiger partial charge on any atom is -0.383 e.